The molecular weight excluding hydrogens is 366 g/mol. The minimum absolute atomic E-state index is 0.0155. The zero-order valence-electron chi connectivity index (χ0n) is 16.8. The lowest BCUT2D eigenvalue weighted by Crippen LogP contribution is -2.39. The molecule has 2 aliphatic rings. The monoisotopic (exact) mass is 391 g/mol. The van der Waals surface area contributed by atoms with Crippen molar-refractivity contribution in [2.45, 2.75) is 26.7 Å². The highest BCUT2D eigenvalue weighted by Gasteiger charge is 2.28. The summed E-state index contributed by atoms with van der Waals surface area (Å²) in [7, 11) is 0. The van der Waals surface area contributed by atoms with Crippen LogP contribution in [-0.2, 0) is 4.79 Å². The molecule has 29 heavy (non-hydrogen) atoms. The number of hydrogen-bond donors (Lipinski definition) is 0. The zero-order valence-corrected chi connectivity index (χ0v) is 16.8. The van der Waals surface area contributed by atoms with E-state index in [9.17, 15) is 9.59 Å². The van der Waals surface area contributed by atoms with E-state index < -0.39 is 0 Å². The SMILES string of the molecule is Cc1ccc(C(=O)C2CCN(C(=O)C=Cc3ccc4c(c3)OCO4)CC2)c(C)c1. The quantitative estimate of drug-likeness (QED) is 0.580. The average Bonchev–Trinajstić information content (AvgIpc) is 3.19. The van der Waals surface area contributed by atoms with Crippen LogP contribution in [0, 0.1) is 19.8 Å². The van der Waals surface area contributed by atoms with Crippen molar-refractivity contribution in [2.75, 3.05) is 19.9 Å². The first-order valence-corrected chi connectivity index (χ1v) is 9.99. The van der Waals surface area contributed by atoms with Gasteiger partial charge in [0.15, 0.2) is 17.3 Å². The maximum atomic E-state index is 12.9. The lowest BCUT2D eigenvalue weighted by molar-refractivity contribution is -0.127. The van der Waals surface area contributed by atoms with Gasteiger partial charge in [0.25, 0.3) is 0 Å². The Morgan fingerprint density at radius 2 is 1.76 bits per heavy atom. The molecule has 2 heterocycles. The zero-order chi connectivity index (χ0) is 20.4. The van der Waals surface area contributed by atoms with Gasteiger partial charge < -0.3 is 14.4 Å². The molecule has 1 amide bonds. The van der Waals surface area contributed by atoms with Crippen molar-refractivity contribution in [2.24, 2.45) is 5.92 Å². The van der Waals surface area contributed by atoms with Crippen LogP contribution in [0.1, 0.15) is 39.9 Å². The van der Waals surface area contributed by atoms with Crippen molar-refractivity contribution in [1.82, 2.24) is 4.90 Å². The van der Waals surface area contributed by atoms with E-state index in [2.05, 4.69) is 0 Å². The number of piperidine rings is 1. The number of carbonyl (C=O) groups excluding carboxylic acids is 2. The highest BCUT2D eigenvalue weighted by Crippen LogP contribution is 2.33. The van der Waals surface area contributed by atoms with Crippen molar-refractivity contribution in [3.63, 3.8) is 0 Å². The normalized spacial score (nSPS) is 16.4. The minimum Gasteiger partial charge on any atom is -0.454 e. The highest BCUT2D eigenvalue weighted by molar-refractivity contribution is 5.99. The Hall–Kier alpha value is -3.08. The molecule has 0 N–H and O–H groups in total. The van der Waals surface area contributed by atoms with Gasteiger partial charge in [0.1, 0.15) is 0 Å². The smallest absolute Gasteiger partial charge is 0.246 e. The van der Waals surface area contributed by atoms with E-state index in [0.717, 1.165) is 28.0 Å². The number of ether oxygens (including phenoxy) is 2. The predicted molar refractivity (Wildman–Crippen MR) is 111 cm³/mol. The molecule has 0 spiro atoms. The Balaban J connectivity index is 1.34. The third-order valence-electron chi connectivity index (χ3n) is 5.64. The van der Waals surface area contributed by atoms with Gasteiger partial charge in [-0.2, -0.15) is 0 Å². The molecule has 5 nitrogen and oxygen atoms in total. The molecule has 0 radical (unpaired) electrons. The van der Waals surface area contributed by atoms with E-state index in [1.807, 2.05) is 55.1 Å². The molecule has 0 saturated carbocycles. The number of benzene rings is 2. The van der Waals surface area contributed by atoms with E-state index in [1.54, 1.807) is 12.2 Å². The molecule has 0 aromatic heterocycles. The second-order valence-corrected chi connectivity index (χ2v) is 7.73. The highest BCUT2D eigenvalue weighted by atomic mass is 16.7. The molecule has 4 rings (SSSR count). The fourth-order valence-corrected chi connectivity index (χ4v) is 3.96. The number of fused-ring (bicyclic) bond motifs is 1. The van der Waals surface area contributed by atoms with Crippen LogP contribution in [0.5, 0.6) is 11.5 Å². The number of amides is 1. The molecule has 5 heteroatoms. The third kappa shape index (κ3) is 4.19. The van der Waals surface area contributed by atoms with E-state index >= 15 is 0 Å². The van der Waals surface area contributed by atoms with Crippen molar-refractivity contribution in [1.29, 1.82) is 0 Å². The summed E-state index contributed by atoms with van der Waals surface area (Å²) in [6.45, 7) is 5.46. The summed E-state index contributed by atoms with van der Waals surface area (Å²) in [5.74, 6) is 1.58. The van der Waals surface area contributed by atoms with Gasteiger partial charge in [0.2, 0.25) is 12.7 Å². The standard InChI is InChI=1S/C24H25NO4/c1-16-3-6-20(17(2)13-16)24(27)19-9-11-25(12-10-19)23(26)8-5-18-4-7-21-22(14-18)29-15-28-21/h3-8,13-14,19H,9-12,15H2,1-2H3. The summed E-state index contributed by atoms with van der Waals surface area (Å²) < 4.78 is 10.7. The number of likely N-dealkylation sites (tertiary alicyclic amines) is 1. The molecule has 150 valence electrons. The van der Waals surface area contributed by atoms with Gasteiger partial charge in [-0.1, -0.05) is 29.8 Å². The van der Waals surface area contributed by atoms with E-state index in [4.69, 9.17) is 9.47 Å². The molecule has 0 atom stereocenters. The van der Waals surface area contributed by atoms with Gasteiger partial charge in [-0.05, 0) is 56.0 Å². The summed E-state index contributed by atoms with van der Waals surface area (Å²) in [6, 6.07) is 11.6. The number of carbonyl (C=O) groups is 2. The lowest BCUT2D eigenvalue weighted by Gasteiger charge is -2.31. The van der Waals surface area contributed by atoms with Crippen LogP contribution in [0.15, 0.2) is 42.5 Å². The van der Waals surface area contributed by atoms with Gasteiger partial charge in [0.05, 0.1) is 0 Å². The summed E-state index contributed by atoms with van der Waals surface area (Å²) in [5, 5.41) is 0. The molecule has 1 saturated heterocycles. The molecular formula is C24H25NO4. The Labute approximate surface area is 170 Å². The van der Waals surface area contributed by atoms with Gasteiger partial charge in [0, 0.05) is 30.6 Å². The Bertz CT molecular complexity index is 971. The molecule has 2 aromatic carbocycles. The van der Waals surface area contributed by atoms with Crippen molar-refractivity contribution in [3.8, 4) is 11.5 Å². The Morgan fingerprint density at radius 1 is 1.00 bits per heavy atom. The average molecular weight is 391 g/mol. The van der Waals surface area contributed by atoms with Crippen LogP contribution < -0.4 is 9.47 Å². The van der Waals surface area contributed by atoms with E-state index in [0.29, 0.717) is 31.7 Å². The number of Topliss-reactive ketones (excluding diaryl/α,β-unsaturated/α-hetero) is 1. The second kappa shape index (κ2) is 8.11. The first-order chi connectivity index (χ1) is 14.0. The maximum absolute atomic E-state index is 12.9. The molecule has 0 aliphatic carbocycles. The molecule has 0 bridgehead atoms. The van der Waals surface area contributed by atoms with Crippen LogP contribution in [0.25, 0.3) is 6.08 Å². The number of ketones is 1. The van der Waals surface area contributed by atoms with Crippen LogP contribution in [0.3, 0.4) is 0 Å². The molecule has 2 aromatic rings. The number of aryl methyl sites for hydroxylation is 2. The molecule has 1 fully saturated rings. The first-order valence-electron chi connectivity index (χ1n) is 9.99. The minimum atomic E-state index is -0.0277. The molecule has 0 unspecified atom stereocenters. The summed E-state index contributed by atoms with van der Waals surface area (Å²) >= 11 is 0. The van der Waals surface area contributed by atoms with Crippen LogP contribution >= 0.6 is 0 Å². The van der Waals surface area contributed by atoms with Crippen molar-refractivity contribution >= 4 is 17.8 Å². The number of hydrogen-bond acceptors (Lipinski definition) is 4. The maximum Gasteiger partial charge on any atom is 0.246 e. The summed E-state index contributed by atoms with van der Waals surface area (Å²) in [5.41, 5.74) is 3.89. The van der Waals surface area contributed by atoms with Gasteiger partial charge in [-0.25, -0.2) is 0 Å². The topological polar surface area (TPSA) is 55.8 Å². The fourth-order valence-electron chi connectivity index (χ4n) is 3.96. The first kappa shape index (κ1) is 19.2. The van der Waals surface area contributed by atoms with Gasteiger partial charge in [-0.3, -0.25) is 9.59 Å². The number of rotatable bonds is 4. The van der Waals surface area contributed by atoms with E-state index in [-0.39, 0.29) is 24.4 Å². The van der Waals surface area contributed by atoms with Gasteiger partial charge in [-0.15, -0.1) is 0 Å². The van der Waals surface area contributed by atoms with Crippen molar-refractivity contribution in [3.05, 3.63) is 64.7 Å². The number of nitrogens with zero attached hydrogens (tertiary/aromatic N) is 1. The van der Waals surface area contributed by atoms with Gasteiger partial charge >= 0.3 is 0 Å². The van der Waals surface area contributed by atoms with Crippen LogP contribution in [0.4, 0.5) is 0 Å². The summed E-state index contributed by atoms with van der Waals surface area (Å²) in [6.07, 6.45) is 4.78. The Kier molecular flexibility index (Phi) is 5.38. The predicted octanol–water partition coefficient (Wildman–Crippen LogP) is 4.17. The van der Waals surface area contributed by atoms with Crippen LogP contribution in [-0.4, -0.2) is 36.5 Å². The largest absolute Gasteiger partial charge is 0.454 e. The summed E-state index contributed by atoms with van der Waals surface area (Å²) in [4.78, 5) is 27.2. The van der Waals surface area contributed by atoms with E-state index in [1.165, 1.54) is 0 Å². The van der Waals surface area contributed by atoms with Crippen molar-refractivity contribution < 1.29 is 19.1 Å². The Morgan fingerprint density at radius 3 is 2.52 bits per heavy atom. The second-order valence-electron chi connectivity index (χ2n) is 7.73. The fraction of sp³-hybridized carbons (Fsp3) is 0.333. The molecule has 2 aliphatic heterocycles. The lowest BCUT2D eigenvalue weighted by atomic mass is 9.87. The third-order valence-corrected chi connectivity index (χ3v) is 5.64. The van der Waals surface area contributed by atoms with Crippen LogP contribution in [0.2, 0.25) is 0 Å².